The number of aromatic nitrogens is 2. The molecule has 1 heterocycles. The summed E-state index contributed by atoms with van der Waals surface area (Å²) in [4.78, 5) is 9.27. The number of benzene rings is 2. The van der Waals surface area contributed by atoms with E-state index in [0.717, 1.165) is 17.7 Å². The van der Waals surface area contributed by atoms with Crippen molar-refractivity contribution in [1.82, 2.24) is 15.3 Å². The van der Waals surface area contributed by atoms with E-state index < -0.39 is 9.84 Å². The standard InChI is InChI=1S/C24H27N5O3S/c1-5-33(30,31)21-12-10-20(11-13-21)22-15-27-16(2)23(28-22)24(29-25)32-17(3)19-8-6-18(7-9-19)14-26-4/h6-13,15,26H,3,5,14,25H2,1-2,4H3/b29-24-. The number of ether oxygens (including phenoxy) is 1. The van der Waals surface area contributed by atoms with Crippen LogP contribution in [-0.2, 0) is 21.1 Å². The average molecular weight is 466 g/mol. The van der Waals surface area contributed by atoms with E-state index in [1.165, 1.54) is 0 Å². The first-order valence-corrected chi connectivity index (χ1v) is 12.0. The minimum atomic E-state index is -3.28. The molecule has 0 aliphatic carbocycles. The van der Waals surface area contributed by atoms with Crippen molar-refractivity contribution >= 4 is 21.5 Å². The van der Waals surface area contributed by atoms with Gasteiger partial charge in [0, 0.05) is 17.7 Å². The molecule has 0 radical (unpaired) electrons. The third-order valence-electron chi connectivity index (χ3n) is 5.04. The van der Waals surface area contributed by atoms with Crippen LogP contribution >= 0.6 is 0 Å². The normalized spacial score (nSPS) is 11.9. The molecule has 8 nitrogen and oxygen atoms in total. The number of hydrogen-bond donors (Lipinski definition) is 2. The summed E-state index contributed by atoms with van der Waals surface area (Å²) >= 11 is 0. The number of rotatable bonds is 8. The highest BCUT2D eigenvalue weighted by Gasteiger charge is 2.17. The maximum absolute atomic E-state index is 12.1. The molecule has 0 aliphatic heterocycles. The summed E-state index contributed by atoms with van der Waals surface area (Å²) in [7, 11) is -1.39. The smallest absolute Gasteiger partial charge is 0.263 e. The molecule has 33 heavy (non-hydrogen) atoms. The second-order valence-corrected chi connectivity index (χ2v) is 9.58. The summed E-state index contributed by atoms with van der Waals surface area (Å²) in [5.74, 6) is 6.10. The molecular weight excluding hydrogens is 438 g/mol. The van der Waals surface area contributed by atoms with Gasteiger partial charge in [-0.3, -0.25) is 4.98 Å². The summed E-state index contributed by atoms with van der Waals surface area (Å²) in [6.45, 7) is 8.13. The molecule has 3 N–H and O–H groups in total. The Bertz CT molecular complexity index is 1270. The van der Waals surface area contributed by atoms with Gasteiger partial charge in [-0.15, -0.1) is 5.10 Å². The summed E-state index contributed by atoms with van der Waals surface area (Å²) in [5.41, 5.74) is 4.09. The first-order valence-electron chi connectivity index (χ1n) is 10.3. The lowest BCUT2D eigenvalue weighted by atomic mass is 10.1. The van der Waals surface area contributed by atoms with Gasteiger partial charge in [-0.1, -0.05) is 49.9 Å². The number of aryl methyl sites for hydroxylation is 1. The monoisotopic (exact) mass is 465 g/mol. The topological polar surface area (TPSA) is 120 Å². The molecule has 1 aromatic heterocycles. The quantitative estimate of drug-likeness (QED) is 0.172. The Hall–Kier alpha value is -3.56. The summed E-state index contributed by atoms with van der Waals surface area (Å²) in [6.07, 6.45) is 1.60. The maximum Gasteiger partial charge on any atom is 0.263 e. The van der Waals surface area contributed by atoms with Crippen molar-refractivity contribution in [2.75, 3.05) is 12.8 Å². The van der Waals surface area contributed by atoms with Crippen molar-refractivity contribution in [3.8, 4) is 11.3 Å². The van der Waals surface area contributed by atoms with Gasteiger partial charge in [0.25, 0.3) is 5.90 Å². The second-order valence-electron chi connectivity index (χ2n) is 7.30. The van der Waals surface area contributed by atoms with Crippen LogP contribution in [0.3, 0.4) is 0 Å². The van der Waals surface area contributed by atoms with Crippen LogP contribution in [0, 0.1) is 6.92 Å². The van der Waals surface area contributed by atoms with Crippen molar-refractivity contribution in [1.29, 1.82) is 0 Å². The van der Waals surface area contributed by atoms with E-state index in [2.05, 4.69) is 27.0 Å². The fourth-order valence-electron chi connectivity index (χ4n) is 3.11. The van der Waals surface area contributed by atoms with Crippen LogP contribution in [0.4, 0.5) is 0 Å². The minimum Gasteiger partial charge on any atom is -0.436 e. The highest BCUT2D eigenvalue weighted by atomic mass is 32.2. The third-order valence-corrected chi connectivity index (χ3v) is 6.79. The Balaban J connectivity index is 1.86. The van der Waals surface area contributed by atoms with Crippen molar-refractivity contribution in [2.24, 2.45) is 10.9 Å². The van der Waals surface area contributed by atoms with E-state index in [0.29, 0.717) is 28.4 Å². The van der Waals surface area contributed by atoms with Gasteiger partial charge in [0.1, 0.15) is 11.5 Å². The molecule has 0 saturated carbocycles. The lowest BCUT2D eigenvalue weighted by Gasteiger charge is -2.13. The highest BCUT2D eigenvalue weighted by Crippen LogP contribution is 2.22. The molecule has 3 aromatic rings. The van der Waals surface area contributed by atoms with Gasteiger partial charge < -0.3 is 15.9 Å². The largest absolute Gasteiger partial charge is 0.436 e. The fourth-order valence-corrected chi connectivity index (χ4v) is 4.00. The zero-order valence-electron chi connectivity index (χ0n) is 18.9. The molecule has 0 saturated heterocycles. The molecule has 0 fully saturated rings. The number of sulfone groups is 1. The summed E-state index contributed by atoms with van der Waals surface area (Å²) < 4.78 is 30.0. The molecule has 0 unspecified atom stereocenters. The van der Waals surface area contributed by atoms with Crippen LogP contribution < -0.4 is 11.2 Å². The van der Waals surface area contributed by atoms with Crippen LogP contribution in [0.2, 0.25) is 0 Å². The second kappa shape index (κ2) is 10.4. The Kier molecular flexibility index (Phi) is 7.57. The molecule has 3 rings (SSSR count). The number of hydrazone groups is 1. The van der Waals surface area contributed by atoms with E-state index in [4.69, 9.17) is 10.6 Å². The Morgan fingerprint density at radius 2 is 1.82 bits per heavy atom. The van der Waals surface area contributed by atoms with E-state index in [1.54, 1.807) is 44.3 Å². The molecule has 0 aliphatic rings. The van der Waals surface area contributed by atoms with Crippen LogP contribution in [0.1, 0.15) is 29.4 Å². The molecule has 0 atom stereocenters. The average Bonchev–Trinajstić information content (AvgIpc) is 2.83. The van der Waals surface area contributed by atoms with Gasteiger partial charge >= 0.3 is 0 Å². The Morgan fingerprint density at radius 3 is 2.39 bits per heavy atom. The van der Waals surface area contributed by atoms with Gasteiger partial charge in [-0.25, -0.2) is 13.4 Å². The number of nitrogens with one attached hydrogen (secondary N) is 1. The van der Waals surface area contributed by atoms with Crippen molar-refractivity contribution in [2.45, 2.75) is 25.3 Å². The van der Waals surface area contributed by atoms with E-state index in [9.17, 15) is 8.42 Å². The Morgan fingerprint density at radius 1 is 1.15 bits per heavy atom. The van der Waals surface area contributed by atoms with E-state index in [-0.39, 0.29) is 16.5 Å². The van der Waals surface area contributed by atoms with Crippen molar-refractivity contribution in [3.05, 3.63) is 83.8 Å². The minimum absolute atomic E-state index is 0.0383. The molecule has 0 spiro atoms. The van der Waals surface area contributed by atoms with Crippen molar-refractivity contribution in [3.63, 3.8) is 0 Å². The number of nitrogens with two attached hydrogens (primary N) is 1. The zero-order chi connectivity index (χ0) is 24.0. The number of nitrogens with zero attached hydrogens (tertiary/aromatic N) is 3. The van der Waals surface area contributed by atoms with Crippen LogP contribution in [0.5, 0.6) is 0 Å². The fraction of sp³-hybridized carbons (Fsp3) is 0.208. The first kappa shape index (κ1) is 24.1. The van der Waals surface area contributed by atoms with Crippen LogP contribution in [0.15, 0.2) is 71.3 Å². The predicted octanol–water partition coefficient (Wildman–Crippen LogP) is 3.27. The van der Waals surface area contributed by atoms with E-state index >= 15 is 0 Å². The zero-order valence-corrected chi connectivity index (χ0v) is 19.7. The van der Waals surface area contributed by atoms with Gasteiger partial charge in [0.05, 0.1) is 28.2 Å². The molecule has 0 bridgehead atoms. The molecule has 2 aromatic carbocycles. The molecule has 172 valence electrons. The van der Waals surface area contributed by atoms with Crippen molar-refractivity contribution < 1.29 is 13.2 Å². The van der Waals surface area contributed by atoms with Gasteiger partial charge in [-0.2, -0.15) is 0 Å². The van der Waals surface area contributed by atoms with Crippen LogP contribution in [-0.4, -0.2) is 37.1 Å². The first-order chi connectivity index (χ1) is 15.8. The highest BCUT2D eigenvalue weighted by molar-refractivity contribution is 7.91. The third kappa shape index (κ3) is 5.63. The molecule has 9 heteroatoms. The van der Waals surface area contributed by atoms with Gasteiger partial charge in [-0.05, 0) is 31.7 Å². The van der Waals surface area contributed by atoms with Gasteiger partial charge in [0.2, 0.25) is 0 Å². The lowest BCUT2D eigenvalue weighted by molar-refractivity contribution is 0.504. The van der Waals surface area contributed by atoms with E-state index in [1.807, 2.05) is 31.3 Å². The van der Waals surface area contributed by atoms with Gasteiger partial charge in [0.15, 0.2) is 9.84 Å². The van der Waals surface area contributed by atoms with Crippen LogP contribution in [0.25, 0.3) is 17.0 Å². The predicted molar refractivity (Wildman–Crippen MR) is 130 cm³/mol. The summed E-state index contributed by atoms with van der Waals surface area (Å²) in [6, 6.07) is 14.3. The number of hydrogen-bond acceptors (Lipinski definition) is 8. The Labute approximate surface area is 194 Å². The lowest BCUT2D eigenvalue weighted by Crippen LogP contribution is -2.14. The SMILES string of the molecule is C=C(O/C(=N\N)c1nc(-c2ccc(S(=O)(=O)CC)cc2)cnc1C)c1ccc(CNC)cc1. The molecular formula is C24H27N5O3S. The summed E-state index contributed by atoms with van der Waals surface area (Å²) in [5, 5.41) is 6.87. The molecule has 0 amide bonds. The maximum atomic E-state index is 12.1.